The van der Waals surface area contributed by atoms with Crippen LogP contribution in [0.2, 0.25) is 10.0 Å². The van der Waals surface area contributed by atoms with Crippen LogP contribution in [-0.2, 0) is 0 Å². The Hall–Kier alpha value is -3.16. The van der Waals surface area contributed by atoms with Crippen LogP contribution in [0.5, 0.6) is 0 Å². The van der Waals surface area contributed by atoms with Gasteiger partial charge in [0.25, 0.3) is 0 Å². The lowest BCUT2D eigenvalue weighted by molar-refractivity contribution is 0.612. The number of hydrogen-bond donors (Lipinski definition) is 1. The minimum Gasteiger partial charge on any atom is -0.344 e. The number of benzene rings is 2. The van der Waals surface area contributed by atoms with Crippen LogP contribution in [0.1, 0.15) is 24.4 Å². The van der Waals surface area contributed by atoms with Gasteiger partial charge in [0, 0.05) is 17.3 Å². The van der Waals surface area contributed by atoms with Crippen molar-refractivity contribution in [2.45, 2.75) is 13.0 Å². The van der Waals surface area contributed by atoms with Crippen molar-refractivity contribution in [2.24, 2.45) is 0 Å². The van der Waals surface area contributed by atoms with Gasteiger partial charge in [0.2, 0.25) is 0 Å². The van der Waals surface area contributed by atoms with E-state index in [1.807, 2.05) is 29.8 Å². The van der Waals surface area contributed by atoms with Crippen molar-refractivity contribution in [1.82, 2.24) is 24.5 Å². The van der Waals surface area contributed by atoms with Gasteiger partial charge in [-0.2, -0.15) is 10.2 Å². The SMILES string of the molecule is CC1=C(c2ncnn2-c2ccc(F)cc2)[C@@H](c2ccc(Cl)c(Cl)c2)n2nccc2N1. The Morgan fingerprint density at radius 2 is 1.80 bits per heavy atom. The predicted molar refractivity (Wildman–Crippen MR) is 114 cm³/mol. The smallest absolute Gasteiger partial charge is 0.163 e. The molecule has 3 heterocycles. The van der Waals surface area contributed by atoms with Gasteiger partial charge in [-0.3, -0.25) is 0 Å². The summed E-state index contributed by atoms with van der Waals surface area (Å²) in [6.45, 7) is 1.97. The highest BCUT2D eigenvalue weighted by atomic mass is 35.5. The summed E-state index contributed by atoms with van der Waals surface area (Å²) in [5.74, 6) is 1.15. The number of anilines is 1. The minimum atomic E-state index is -0.315. The second-order valence-electron chi connectivity index (χ2n) is 6.87. The molecular formula is C21H15Cl2FN6. The summed E-state index contributed by atoms with van der Waals surface area (Å²) < 4.78 is 17.0. The standard InChI is InChI=1S/C21H15Cl2FN6/c1-12-19(21-25-11-27-29(21)15-5-3-14(24)4-6-15)20(30-18(28-12)8-9-26-30)13-2-7-16(22)17(23)10-13/h2-11,20,28H,1H3/t20-/m1/s1. The van der Waals surface area contributed by atoms with Crippen molar-refractivity contribution in [2.75, 3.05) is 5.32 Å². The first kappa shape index (κ1) is 18.8. The van der Waals surface area contributed by atoms with Crippen LogP contribution in [0.3, 0.4) is 0 Å². The van der Waals surface area contributed by atoms with Crippen LogP contribution >= 0.6 is 23.2 Å². The van der Waals surface area contributed by atoms with Crippen LogP contribution in [0.4, 0.5) is 10.2 Å². The normalized spacial score (nSPS) is 15.8. The molecule has 2 aromatic heterocycles. The fourth-order valence-corrected chi connectivity index (χ4v) is 3.99. The van der Waals surface area contributed by atoms with Crippen molar-refractivity contribution < 1.29 is 4.39 Å². The van der Waals surface area contributed by atoms with Crippen molar-refractivity contribution in [3.05, 3.63) is 94.0 Å². The monoisotopic (exact) mass is 440 g/mol. The molecule has 4 aromatic rings. The summed E-state index contributed by atoms with van der Waals surface area (Å²) in [5, 5.41) is 13.2. The van der Waals surface area contributed by atoms with Gasteiger partial charge in [-0.05, 0) is 48.9 Å². The highest BCUT2D eigenvalue weighted by molar-refractivity contribution is 6.42. The molecule has 0 saturated heterocycles. The van der Waals surface area contributed by atoms with E-state index >= 15 is 0 Å². The van der Waals surface area contributed by atoms with Crippen LogP contribution < -0.4 is 5.32 Å². The lowest BCUT2D eigenvalue weighted by atomic mass is 9.94. The Bertz CT molecular complexity index is 1270. The van der Waals surface area contributed by atoms with Gasteiger partial charge < -0.3 is 5.32 Å². The molecule has 0 unspecified atom stereocenters. The third-order valence-electron chi connectivity index (χ3n) is 5.03. The molecule has 1 N–H and O–H groups in total. The van der Waals surface area contributed by atoms with E-state index < -0.39 is 0 Å². The molecule has 9 heteroatoms. The molecule has 1 atom stereocenters. The first-order chi connectivity index (χ1) is 14.5. The van der Waals surface area contributed by atoms with Gasteiger partial charge in [0.05, 0.1) is 21.9 Å². The minimum absolute atomic E-state index is 0.311. The maximum atomic E-state index is 13.4. The molecule has 0 aliphatic carbocycles. The van der Waals surface area contributed by atoms with Gasteiger partial charge in [0.15, 0.2) is 5.82 Å². The third kappa shape index (κ3) is 3.07. The van der Waals surface area contributed by atoms with Crippen LogP contribution in [0.15, 0.2) is 66.8 Å². The highest BCUT2D eigenvalue weighted by Crippen LogP contribution is 2.41. The number of nitrogens with one attached hydrogen (secondary N) is 1. The van der Waals surface area contributed by atoms with Gasteiger partial charge >= 0.3 is 0 Å². The third-order valence-corrected chi connectivity index (χ3v) is 5.77. The average Bonchev–Trinajstić information content (AvgIpc) is 3.39. The molecule has 6 nitrogen and oxygen atoms in total. The molecule has 2 aromatic carbocycles. The summed E-state index contributed by atoms with van der Waals surface area (Å²) in [5.41, 5.74) is 3.36. The molecular weight excluding hydrogens is 426 g/mol. The van der Waals surface area contributed by atoms with Crippen LogP contribution in [0.25, 0.3) is 11.3 Å². The predicted octanol–water partition coefficient (Wildman–Crippen LogP) is 5.36. The number of aromatic nitrogens is 5. The molecule has 0 spiro atoms. The fraction of sp³-hybridized carbons (Fsp3) is 0.0952. The van der Waals surface area contributed by atoms with Crippen molar-refractivity contribution >= 4 is 34.6 Å². The van der Waals surface area contributed by atoms with E-state index in [1.165, 1.54) is 18.5 Å². The van der Waals surface area contributed by atoms with Crippen LogP contribution in [-0.4, -0.2) is 24.5 Å². The first-order valence-electron chi connectivity index (χ1n) is 9.15. The first-order valence-corrected chi connectivity index (χ1v) is 9.91. The van der Waals surface area contributed by atoms with Gasteiger partial charge in [-0.15, -0.1) is 0 Å². The summed E-state index contributed by atoms with van der Waals surface area (Å²) in [7, 11) is 0. The zero-order chi connectivity index (χ0) is 20.8. The Kier molecular flexibility index (Phi) is 4.56. The van der Waals surface area contributed by atoms with Crippen molar-refractivity contribution in [3.8, 4) is 5.69 Å². The topological polar surface area (TPSA) is 60.6 Å². The maximum absolute atomic E-state index is 13.4. The molecule has 30 heavy (non-hydrogen) atoms. The maximum Gasteiger partial charge on any atom is 0.163 e. The second kappa shape index (κ2) is 7.27. The molecule has 0 radical (unpaired) electrons. The Labute approximate surface area is 181 Å². The number of rotatable bonds is 3. The van der Waals surface area contributed by atoms with Crippen molar-refractivity contribution in [1.29, 1.82) is 0 Å². The number of allylic oxidation sites excluding steroid dienone is 2. The zero-order valence-corrected chi connectivity index (χ0v) is 17.2. The van der Waals surface area contributed by atoms with E-state index in [9.17, 15) is 4.39 Å². The molecule has 0 bridgehead atoms. The Morgan fingerprint density at radius 3 is 2.57 bits per heavy atom. The van der Waals surface area contributed by atoms with E-state index in [0.29, 0.717) is 21.6 Å². The van der Waals surface area contributed by atoms with E-state index in [4.69, 9.17) is 23.2 Å². The summed E-state index contributed by atoms with van der Waals surface area (Å²) in [4.78, 5) is 4.52. The van der Waals surface area contributed by atoms with Gasteiger partial charge in [-0.25, -0.2) is 18.7 Å². The van der Waals surface area contributed by atoms with E-state index in [-0.39, 0.29) is 11.9 Å². The summed E-state index contributed by atoms with van der Waals surface area (Å²) in [6, 6.07) is 13.2. The Morgan fingerprint density at radius 1 is 1.00 bits per heavy atom. The molecule has 1 aliphatic rings. The van der Waals surface area contributed by atoms with Gasteiger partial charge in [-0.1, -0.05) is 29.3 Å². The zero-order valence-electron chi connectivity index (χ0n) is 15.7. The van der Waals surface area contributed by atoms with E-state index in [2.05, 4.69) is 20.5 Å². The molecule has 150 valence electrons. The van der Waals surface area contributed by atoms with E-state index in [0.717, 1.165) is 22.7 Å². The number of halogens is 3. The number of fused-ring (bicyclic) bond motifs is 1. The fourth-order valence-electron chi connectivity index (χ4n) is 3.68. The molecule has 0 saturated carbocycles. The number of hydrogen-bond acceptors (Lipinski definition) is 4. The molecule has 5 rings (SSSR count). The lowest BCUT2D eigenvalue weighted by Gasteiger charge is -2.30. The van der Waals surface area contributed by atoms with Crippen molar-refractivity contribution in [3.63, 3.8) is 0 Å². The van der Waals surface area contributed by atoms with E-state index in [1.54, 1.807) is 29.1 Å². The molecule has 1 aliphatic heterocycles. The van der Waals surface area contributed by atoms with Gasteiger partial charge in [0.1, 0.15) is 24.0 Å². The summed E-state index contributed by atoms with van der Waals surface area (Å²) in [6.07, 6.45) is 3.21. The molecule has 0 fully saturated rings. The second-order valence-corrected chi connectivity index (χ2v) is 7.69. The number of nitrogens with zero attached hydrogens (tertiary/aromatic N) is 5. The average molecular weight is 441 g/mol. The van der Waals surface area contributed by atoms with Crippen LogP contribution in [0, 0.1) is 5.82 Å². The Balaban J connectivity index is 1.71. The molecule has 0 amide bonds. The highest BCUT2D eigenvalue weighted by Gasteiger charge is 2.32. The summed E-state index contributed by atoms with van der Waals surface area (Å²) >= 11 is 12.5. The lowest BCUT2D eigenvalue weighted by Crippen LogP contribution is -2.25. The quantitative estimate of drug-likeness (QED) is 0.465. The largest absolute Gasteiger partial charge is 0.344 e.